The fraction of sp³-hybridized carbons (Fsp3) is 0.710. The Labute approximate surface area is 232 Å². The number of nitrogens with zero attached hydrogens (tertiary/aromatic N) is 4. The molecule has 39 heavy (non-hydrogen) atoms. The molecule has 8 nitrogen and oxygen atoms in total. The summed E-state index contributed by atoms with van der Waals surface area (Å²) in [6.07, 6.45) is 15.9. The zero-order valence-corrected chi connectivity index (χ0v) is 23.0. The zero-order valence-electron chi connectivity index (χ0n) is 23.0. The fourth-order valence-corrected chi connectivity index (χ4v) is 8.54. The minimum Gasteiger partial charge on any atom is -0.369 e. The van der Waals surface area contributed by atoms with Gasteiger partial charge in [-0.25, -0.2) is 0 Å². The highest BCUT2D eigenvalue weighted by atomic mass is 16.5. The molecule has 6 aliphatic rings. The Morgan fingerprint density at radius 3 is 2.74 bits per heavy atom. The molecule has 8 heteroatoms. The van der Waals surface area contributed by atoms with Crippen LogP contribution in [0.1, 0.15) is 69.3 Å². The molecular weight excluding hydrogens is 490 g/mol. The number of morpholine rings is 1. The Morgan fingerprint density at radius 1 is 1.03 bits per heavy atom. The predicted molar refractivity (Wildman–Crippen MR) is 148 cm³/mol. The number of amides is 1. The Bertz CT molecular complexity index is 1090. The van der Waals surface area contributed by atoms with Crippen molar-refractivity contribution in [2.24, 2.45) is 5.92 Å². The average molecular weight is 534 g/mol. The highest BCUT2D eigenvalue weighted by Gasteiger charge is 2.57. The van der Waals surface area contributed by atoms with Crippen molar-refractivity contribution >= 4 is 11.7 Å². The second kappa shape index (κ2) is 10.9. The number of nitrogens with one attached hydrogen (secondary N) is 1. The van der Waals surface area contributed by atoms with Gasteiger partial charge in [-0.1, -0.05) is 18.9 Å². The predicted octanol–water partition coefficient (Wildman–Crippen LogP) is 2.71. The van der Waals surface area contributed by atoms with Crippen LogP contribution in [0, 0.1) is 5.92 Å². The Morgan fingerprint density at radius 2 is 1.90 bits per heavy atom. The zero-order chi connectivity index (χ0) is 26.3. The van der Waals surface area contributed by atoms with Crippen molar-refractivity contribution in [1.82, 2.24) is 25.0 Å². The van der Waals surface area contributed by atoms with Gasteiger partial charge in [0.25, 0.3) is 5.91 Å². The summed E-state index contributed by atoms with van der Waals surface area (Å²) in [6, 6.07) is 4.86. The molecule has 1 amide bonds. The maximum atomic E-state index is 13.8. The van der Waals surface area contributed by atoms with Gasteiger partial charge < -0.3 is 19.9 Å². The molecule has 7 unspecified atom stereocenters. The Hall–Kier alpha value is -2.29. The molecule has 5 heterocycles. The van der Waals surface area contributed by atoms with E-state index in [0.717, 1.165) is 64.8 Å². The monoisotopic (exact) mass is 533 g/mol. The van der Waals surface area contributed by atoms with Gasteiger partial charge in [0, 0.05) is 50.2 Å². The Balaban J connectivity index is 1.11. The van der Waals surface area contributed by atoms with E-state index in [0.29, 0.717) is 24.1 Å². The lowest BCUT2D eigenvalue weighted by atomic mass is 9.70. The number of aromatic nitrogens is 1. The summed E-state index contributed by atoms with van der Waals surface area (Å²) >= 11 is 0. The maximum absolute atomic E-state index is 13.8. The van der Waals surface area contributed by atoms with E-state index in [4.69, 9.17) is 4.74 Å². The van der Waals surface area contributed by atoms with Crippen LogP contribution in [0.25, 0.3) is 0 Å². The van der Waals surface area contributed by atoms with Gasteiger partial charge in [-0.3, -0.25) is 19.5 Å². The van der Waals surface area contributed by atoms with E-state index in [1.165, 1.54) is 31.2 Å². The number of Topliss-reactive ketones (excluding diaryl/α,β-unsaturated/α-hetero) is 1. The molecule has 7 rings (SSSR count). The van der Waals surface area contributed by atoms with Gasteiger partial charge >= 0.3 is 0 Å². The molecule has 5 fully saturated rings. The van der Waals surface area contributed by atoms with Crippen LogP contribution < -0.4 is 5.32 Å². The number of pyridine rings is 1. The summed E-state index contributed by atoms with van der Waals surface area (Å²) in [5.74, 6) is 0.192. The lowest BCUT2D eigenvalue weighted by molar-refractivity contribution is -0.199. The van der Waals surface area contributed by atoms with Crippen LogP contribution in [0.15, 0.2) is 36.3 Å². The van der Waals surface area contributed by atoms with Crippen molar-refractivity contribution in [3.05, 3.63) is 41.9 Å². The number of likely N-dealkylation sites (tertiary alicyclic amines) is 2. The van der Waals surface area contributed by atoms with Crippen molar-refractivity contribution < 1.29 is 14.3 Å². The quantitative estimate of drug-likeness (QED) is 0.564. The van der Waals surface area contributed by atoms with Crippen LogP contribution in [-0.4, -0.2) is 101 Å². The van der Waals surface area contributed by atoms with E-state index in [-0.39, 0.29) is 41.9 Å². The van der Waals surface area contributed by atoms with Crippen molar-refractivity contribution in [3.63, 3.8) is 0 Å². The lowest BCUT2D eigenvalue weighted by Crippen LogP contribution is -2.70. The number of rotatable bonds is 6. The molecule has 210 valence electrons. The standard InChI is InChI=1S/C31H43N5O3/c37-29-23-9-10-26(35-16-11-22(19-35)21-6-5-12-32-18-21)30-28(23)36(25-7-1-2-8-27(25)39-30)20-24(29)31(38)33-13-17-34-14-3-4-15-34/h5-6,12,18,20,22-23,25-28,30H,1-4,7-11,13-17,19H2,(H,33,38). The first kappa shape index (κ1) is 25.7. The van der Waals surface area contributed by atoms with Crippen molar-refractivity contribution in [2.75, 3.05) is 39.3 Å². The average Bonchev–Trinajstić information content (AvgIpc) is 3.68. The summed E-state index contributed by atoms with van der Waals surface area (Å²) in [7, 11) is 0. The number of carbonyl (C=O) groups is 2. The van der Waals surface area contributed by atoms with Crippen molar-refractivity contribution in [3.8, 4) is 0 Å². The second-order valence-corrected chi connectivity index (χ2v) is 12.7. The smallest absolute Gasteiger partial charge is 0.256 e. The fourth-order valence-electron chi connectivity index (χ4n) is 8.54. The third-order valence-electron chi connectivity index (χ3n) is 10.5. The molecule has 1 N–H and O–H groups in total. The van der Waals surface area contributed by atoms with Gasteiger partial charge in [0.15, 0.2) is 5.78 Å². The largest absolute Gasteiger partial charge is 0.369 e. The van der Waals surface area contributed by atoms with E-state index in [1.807, 2.05) is 24.7 Å². The first-order valence-electron chi connectivity index (χ1n) is 15.5. The summed E-state index contributed by atoms with van der Waals surface area (Å²) in [5, 5.41) is 3.08. The van der Waals surface area contributed by atoms with E-state index in [2.05, 4.69) is 31.1 Å². The van der Waals surface area contributed by atoms with Crippen LogP contribution in [0.2, 0.25) is 0 Å². The summed E-state index contributed by atoms with van der Waals surface area (Å²) in [4.78, 5) is 39.0. The van der Waals surface area contributed by atoms with Gasteiger partial charge in [-0.05, 0) is 82.1 Å². The van der Waals surface area contributed by atoms with Gasteiger partial charge in [0.1, 0.15) is 0 Å². The lowest BCUT2D eigenvalue weighted by Gasteiger charge is -2.59. The molecule has 4 aliphatic heterocycles. The minimum absolute atomic E-state index is 0.00993. The van der Waals surface area contributed by atoms with Crippen LogP contribution in [0.5, 0.6) is 0 Å². The molecule has 1 aromatic heterocycles. The highest BCUT2D eigenvalue weighted by molar-refractivity contribution is 6.20. The van der Waals surface area contributed by atoms with Crippen LogP contribution >= 0.6 is 0 Å². The number of hydrogen-bond acceptors (Lipinski definition) is 7. The van der Waals surface area contributed by atoms with Gasteiger partial charge in [-0.2, -0.15) is 0 Å². The molecule has 1 aromatic rings. The molecule has 7 atom stereocenters. The molecule has 3 saturated heterocycles. The van der Waals surface area contributed by atoms with Gasteiger partial charge in [-0.15, -0.1) is 0 Å². The number of fused-ring (bicyclic) bond motifs is 2. The first-order chi connectivity index (χ1) is 19.2. The molecular formula is C31H43N5O3. The summed E-state index contributed by atoms with van der Waals surface area (Å²) in [5.41, 5.74) is 1.70. The van der Waals surface area contributed by atoms with Crippen LogP contribution in [0.3, 0.4) is 0 Å². The Kier molecular flexibility index (Phi) is 7.20. The van der Waals surface area contributed by atoms with E-state index < -0.39 is 0 Å². The highest BCUT2D eigenvalue weighted by Crippen LogP contribution is 2.46. The number of ether oxygens (including phenoxy) is 1. The topological polar surface area (TPSA) is 78.0 Å². The third kappa shape index (κ3) is 4.82. The maximum Gasteiger partial charge on any atom is 0.256 e. The van der Waals surface area contributed by atoms with Crippen molar-refractivity contribution in [2.45, 2.75) is 94.0 Å². The van der Waals surface area contributed by atoms with Crippen molar-refractivity contribution in [1.29, 1.82) is 0 Å². The van der Waals surface area contributed by atoms with E-state index in [9.17, 15) is 9.59 Å². The second-order valence-electron chi connectivity index (χ2n) is 12.7. The SMILES string of the molecule is O=C(NCCN1CCCC1)C1=CN2C3CCCCC3OC3C(N4CCC(c5cccnc5)C4)CCC(C1=O)C32. The van der Waals surface area contributed by atoms with Gasteiger partial charge in [0.2, 0.25) is 0 Å². The first-order valence-corrected chi connectivity index (χ1v) is 15.5. The molecule has 0 radical (unpaired) electrons. The molecule has 0 spiro atoms. The number of ketones is 1. The van der Waals surface area contributed by atoms with Crippen LogP contribution in [-0.2, 0) is 14.3 Å². The third-order valence-corrected chi connectivity index (χ3v) is 10.5. The van der Waals surface area contributed by atoms with Gasteiger partial charge in [0.05, 0.1) is 29.9 Å². The molecule has 0 bridgehead atoms. The normalized spacial score (nSPS) is 36.8. The van der Waals surface area contributed by atoms with Crippen LogP contribution in [0.4, 0.5) is 0 Å². The van der Waals surface area contributed by atoms with E-state index in [1.54, 1.807) is 0 Å². The number of carbonyl (C=O) groups excluding carboxylic acids is 2. The summed E-state index contributed by atoms with van der Waals surface area (Å²) in [6.45, 7) is 5.77. The molecule has 2 saturated carbocycles. The molecule has 0 aromatic carbocycles. The minimum atomic E-state index is -0.186. The molecule has 2 aliphatic carbocycles. The number of hydrogen-bond donors (Lipinski definition) is 1. The van der Waals surface area contributed by atoms with E-state index >= 15 is 0 Å². The summed E-state index contributed by atoms with van der Waals surface area (Å²) < 4.78 is 6.98.